The molecule has 0 spiro atoms. The third-order valence-electron chi connectivity index (χ3n) is 7.42. The first-order chi connectivity index (χ1) is 20.4. The Balaban J connectivity index is -0.000000784. The number of halogens is 2. The number of methoxy groups -OCH3 is 2. The minimum Gasteiger partial charge on any atom is -0.495 e. The molecule has 15 nitrogen and oxygen atoms in total. The van der Waals surface area contributed by atoms with Gasteiger partial charge in [-0.3, -0.25) is 9.59 Å². The van der Waals surface area contributed by atoms with Crippen LogP contribution in [0.3, 0.4) is 0 Å². The maximum absolute atomic E-state index is 12.9. The molecule has 3 aromatic rings. The molecule has 14 N–H and O–H groups in total. The average Bonchev–Trinajstić information content (AvgIpc) is 3.02. The fraction of sp³-hybridized carbons (Fsp3) is 0.433. The second kappa shape index (κ2) is 20.3. The van der Waals surface area contributed by atoms with E-state index in [4.69, 9.17) is 36.0 Å². The Hall–Kier alpha value is -3.99. The monoisotopic (exact) mass is 705 g/mol. The molecular weight excluding hydrogens is 649 g/mol. The van der Waals surface area contributed by atoms with Crippen molar-refractivity contribution in [3.05, 3.63) is 47.0 Å². The van der Waals surface area contributed by atoms with Crippen LogP contribution in [0.15, 0.2) is 36.4 Å². The number of carbonyl (C=O) groups is 2. The molecular formula is C30H57Cl2N11O4. The van der Waals surface area contributed by atoms with Crippen LogP contribution in [0.4, 0.5) is 29.2 Å². The topological polar surface area (TPSA) is 262 Å². The van der Waals surface area contributed by atoms with Gasteiger partial charge in [-0.2, -0.15) is 15.0 Å². The quantitative estimate of drug-likeness (QED) is 0.0879. The lowest BCUT2D eigenvalue weighted by atomic mass is 10.1. The number of carbonyl (C=O) groups excluding carboxylic acids is 2. The first-order valence-corrected chi connectivity index (χ1v) is 14.7. The smallest absolute Gasteiger partial charge is 0.233 e. The molecule has 0 saturated carbocycles. The fourth-order valence-electron chi connectivity index (χ4n) is 5.15. The number of Topliss-reactive ketones (excluding diaryl/α,β-unsaturated/α-hetero) is 1. The van der Waals surface area contributed by atoms with E-state index in [-0.39, 0.29) is 54.9 Å². The first kappa shape index (κ1) is 43.0. The van der Waals surface area contributed by atoms with Crippen LogP contribution in [0.5, 0.6) is 11.5 Å². The van der Waals surface area contributed by atoms with E-state index in [1.54, 1.807) is 36.4 Å². The molecule has 270 valence electrons. The van der Waals surface area contributed by atoms with Gasteiger partial charge in [-0.05, 0) is 62.8 Å². The van der Waals surface area contributed by atoms with Crippen molar-refractivity contribution < 1.29 is 24.8 Å². The van der Waals surface area contributed by atoms with Crippen LogP contribution in [0.25, 0.3) is 0 Å². The molecule has 2 aliphatic rings. The van der Waals surface area contributed by atoms with E-state index in [1.807, 2.05) is 0 Å². The lowest BCUT2D eigenvalue weighted by Gasteiger charge is -2.30. The van der Waals surface area contributed by atoms with Gasteiger partial charge in [0.05, 0.1) is 31.4 Å². The van der Waals surface area contributed by atoms with E-state index < -0.39 is 5.91 Å². The minimum atomic E-state index is -0.481. The Morgan fingerprint density at radius 3 is 1.79 bits per heavy atom. The number of hydrogen-bond donors (Lipinski definition) is 6. The molecule has 0 radical (unpaired) electrons. The molecule has 2 aromatic carbocycles. The molecule has 3 heterocycles. The largest absolute Gasteiger partial charge is 0.495 e. The predicted octanol–water partition coefficient (Wildman–Crippen LogP) is 7.53. The van der Waals surface area contributed by atoms with Crippen molar-refractivity contribution in [2.75, 3.05) is 60.8 Å². The second-order valence-corrected chi connectivity index (χ2v) is 10.8. The summed E-state index contributed by atoms with van der Waals surface area (Å²) in [4.78, 5) is 44.3. The molecule has 2 aliphatic heterocycles. The molecule has 47 heavy (non-hydrogen) atoms. The standard InChI is InChI=1S/C30H36ClN7O4.ClH.4H3N.4H2/c1-41-25-18-23(26(42-2)17-22(25)31)33-27(40)19-24(39)20-9-11-21(12-10-20)32-28-34-29(37-13-5-3-6-14-37)36-30(35-28)38-15-7-4-8-16-38;;;;;;;;;/h9-12,17-18H,3-8,13-16,19H2,1-2H3,(H,33,40)(H,32,34,35,36);1H;4*1H3;4*1H. The number of rotatable bonds is 10. The third kappa shape index (κ3) is 11.1. The maximum atomic E-state index is 12.9. The van der Waals surface area contributed by atoms with Crippen LogP contribution >= 0.6 is 24.0 Å². The molecule has 1 amide bonds. The lowest BCUT2D eigenvalue weighted by Crippen LogP contribution is -2.34. The van der Waals surface area contributed by atoms with Crippen LogP contribution < -0.4 is 54.5 Å². The normalized spacial score (nSPS) is 13.6. The number of ether oxygens (including phenoxy) is 2. The van der Waals surface area contributed by atoms with Crippen LogP contribution in [0, 0.1) is 0 Å². The summed E-state index contributed by atoms with van der Waals surface area (Å²) in [5.74, 6) is 1.80. The summed E-state index contributed by atoms with van der Waals surface area (Å²) in [6.45, 7) is 3.74. The molecule has 5 rings (SSSR count). The van der Waals surface area contributed by atoms with Gasteiger partial charge in [-0.25, -0.2) is 0 Å². The lowest BCUT2D eigenvalue weighted by molar-refractivity contribution is -0.115. The van der Waals surface area contributed by atoms with Gasteiger partial charge in [-0.1, -0.05) is 11.6 Å². The number of piperidine rings is 2. The number of nitrogens with zero attached hydrogens (tertiary/aromatic N) is 5. The van der Waals surface area contributed by atoms with Gasteiger partial charge < -0.3 is 54.5 Å². The van der Waals surface area contributed by atoms with Crippen LogP contribution in [-0.2, 0) is 4.79 Å². The molecule has 0 unspecified atom stereocenters. The van der Waals surface area contributed by atoms with Gasteiger partial charge in [0.15, 0.2) is 5.78 Å². The van der Waals surface area contributed by atoms with E-state index in [0.29, 0.717) is 45.6 Å². The second-order valence-electron chi connectivity index (χ2n) is 10.4. The minimum absolute atomic E-state index is 0. The van der Waals surface area contributed by atoms with Gasteiger partial charge in [0.25, 0.3) is 0 Å². The molecule has 1 aromatic heterocycles. The number of anilines is 5. The Labute approximate surface area is 293 Å². The number of benzene rings is 2. The summed E-state index contributed by atoms with van der Waals surface area (Å²) in [5, 5.41) is 6.34. The van der Waals surface area contributed by atoms with Gasteiger partial charge in [-0.15, -0.1) is 12.4 Å². The summed E-state index contributed by atoms with van der Waals surface area (Å²) in [7, 11) is 2.94. The van der Waals surface area contributed by atoms with Crippen molar-refractivity contribution in [3.63, 3.8) is 0 Å². The van der Waals surface area contributed by atoms with Crippen molar-refractivity contribution in [1.29, 1.82) is 0 Å². The number of nitrogens with one attached hydrogen (secondary N) is 2. The SMILES string of the molecule is COc1cc(NC(=O)CC(=O)c2ccc(Nc3nc(N4CCCCC4)nc(N4CCCCC4)n3)cc2)c(OC)cc1Cl.Cl.N.N.N.N.[HH].[HH].[HH].[HH]. The summed E-state index contributed by atoms with van der Waals surface area (Å²) in [6, 6.07) is 10.0. The summed E-state index contributed by atoms with van der Waals surface area (Å²) >= 11 is 6.14. The molecule has 0 bridgehead atoms. The van der Waals surface area contributed by atoms with Gasteiger partial charge in [0, 0.05) is 55.3 Å². The van der Waals surface area contributed by atoms with Crippen molar-refractivity contribution in [2.24, 2.45) is 0 Å². The van der Waals surface area contributed by atoms with Crippen LogP contribution in [0.2, 0.25) is 5.02 Å². The van der Waals surface area contributed by atoms with Crippen molar-refractivity contribution >= 4 is 64.9 Å². The Morgan fingerprint density at radius 1 is 0.787 bits per heavy atom. The van der Waals surface area contributed by atoms with Crippen LogP contribution in [-0.4, -0.2) is 67.0 Å². The van der Waals surface area contributed by atoms with Crippen molar-refractivity contribution in [2.45, 2.75) is 44.9 Å². The molecule has 2 fully saturated rings. The predicted molar refractivity (Wildman–Crippen MR) is 200 cm³/mol. The number of amides is 1. The highest BCUT2D eigenvalue weighted by Gasteiger charge is 2.21. The Kier molecular flexibility index (Phi) is 18.6. The molecule has 0 atom stereocenters. The van der Waals surface area contributed by atoms with Crippen molar-refractivity contribution in [1.82, 2.24) is 39.6 Å². The number of hydrogen-bond acceptors (Lipinski definition) is 14. The zero-order valence-corrected chi connectivity index (χ0v) is 28.8. The average molecular weight is 707 g/mol. The number of aromatic nitrogens is 3. The summed E-state index contributed by atoms with van der Waals surface area (Å²) < 4.78 is 10.5. The number of ketones is 1. The van der Waals surface area contributed by atoms with Gasteiger partial charge in [0.2, 0.25) is 23.8 Å². The molecule has 0 aliphatic carbocycles. The van der Waals surface area contributed by atoms with Crippen LogP contribution in [0.1, 0.15) is 61.0 Å². The van der Waals surface area contributed by atoms with E-state index in [2.05, 4.69) is 20.4 Å². The highest BCUT2D eigenvalue weighted by Crippen LogP contribution is 2.36. The van der Waals surface area contributed by atoms with Gasteiger partial charge in [0.1, 0.15) is 11.5 Å². The summed E-state index contributed by atoms with van der Waals surface area (Å²) in [5.41, 5.74) is 1.51. The first-order valence-electron chi connectivity index (χ1n) is 14.3. The van der Waals surface area contributed by atoms with E-state index in [9.17, 15) is 9.59 Å². The zero-order valence-electron chi connectivity index (χ0n) is 27.2. The maximum Gasteiger partial charge on any atom is 0.233 e. The molecule has 2 saturated heterocycles. The highest BCUT2D eigenvalue weighted by atomic mass is 35.5. The highest BCUT2D eigenvalue weighted by molar-refractivity contribution is 6.32. The summed E-state index contributed by atoms with van der Waals surface area (Å²) in [6.07, 6.45) is 6.62. The molecule has 17 heteroatoms. The zero-order chi connectivity index (χ0) is 29.5. The fourth-order valence-corrected chi connectivity index (χ4v) is 5.38. The van der Waals surface area contributed by atoms with E-state index in [0.717, 1.165) is 57.5 Å². The van der Waals surface area contributed by atoms with Crippen molar-refractivity contribution in [3.8, 4) is 11.5 Å². The third-order valence-corrected chi connectivity index (χ3v) is 7.72. The van der Waals surface area contributed by atoms with Gasteiger partial charge >= 0.3 is 0 Å². The Morgan fingerprint density at radius 2 is 1.30 bits per heavy atom. The Bertz CT molecular complexity index is 1410. The van der Waals surface area contributed by atoms with E-state index >= 15 is 0 Å². The van der Waals surface area contributed by atoms with E-state index in [1.165, 1.54) is 27.1 Å².